The lowest BCUT2D eigenvalue weighted by atomic mass is 10.0. The average Bonchev–Trinajstić information content (AvgIpc) is 2.98. The first-order valence-corrected chi connectivity index (χ1v) is 7.60. The Balaban J connectivity index is 1.51. The Hall–Kier alpha value is -2.89. The van der Waals surface area contributed by atoms with Crippen LogP contribution in [0, 0.1) is 0 Å². The van der Waals surface area contributed by atoms with Crippen molar-refractivity contribution in [3.8, 4) is 5.75 Å². The van der Waals surface area contributed by atoms with Crippen molar-refractivity contribution in [2.45, 2.75) is 19.0 Å². The molecule has 23 heavy (non-hydrogen) atoms. The van der Waals surface area contributed by atoms with Crippen LogP contribution in [0.1, 0.15) is 18.0 Å². The van der Waals surface area contributed by atoms with Gasteiger partial charge in [-0.25, -0.2) is 4.68 Å². The largest absolute Gasteiger partial charge is 0.493 e. The predicted octanol–water partition coefficient (Wildman–Crippen LogP) is 2.07. The molecule has 0 saturated carbocycles. The third kappa shape index (κ3) is 2.63. The van der Waals surface area contributed by atoms with E-state index in [9.17, 15) is 4.79 Å². The molecule has 6 nitrogen and oxygen atoms in total. The topological polar surface area (TPSA) is 69.0 Å². The number of aromatic nitrogens is 3. The molecule has 6 heteroatoms. The fourth-order valence-corrected chi connectivity index (χ4v) is 2.90. The Morgan fingerprint density at radius 2 is 2.04 bits per heavy atom. The number of fused-ring (bicyclic) bond motifs is 2. The van der Waals surface area contributed by atoms with Gasteiger partial charge in [-0.1, -0.05) is 35.5 Å². The summed E-state index contributed by atoms with van der Waals surface area (Å²) in [6.07, 6.45) is 0.765. The molecule has 0 radical (unpaired) electrons. The monoisotopic (exact) mass is 308 g/mol. The molecule has 0 spiro atoms. The van der Waals surface area contributed by atoms with Crippen LogP contribution in [-0.2, 0) is 11.3 Å². The summed E-state index contributed by atoms with van der Waals surface area (Å²) in [6.45, 7) is 0.758. The number of carbonyl (C=O) groups excluding carboxylic acids is 1. The Morgan fingerprint density at radius 1 is 1.22 bits per heavy atom. The van der Waals surface area contributed by atoms with Gasteiger partial charge in [0.15, 0.2) is 0 Å². The van der Waals surface area contributed by atoms with Crippen LogP contribution in [0.5, 0.6) is 5.75 Å². The normalized spacial score (nSPS) is 16.6. The highest BCUT2D eigenvalue weighted by molar-refractivity contribution is 5.80. The molecule has 0 fully saturated rings. The first kappa shape index (κ1) is 13.8. The van der Waals surface area contributed by atoms with E-state index in [0.29, 0.717) is 6.61 Å². The fraction of sp³-hybridized carbons (Fsp3) is 0.235. The van der Waals surface area contributed by atoms with Gasteiger partial charge in [0, 0.05) is 12.0 Å². The summed E-state index contributed by atoms with van der Waals surface area (Å²) in [5.41, 5.74) is 2.67. The maximum Gasteiger partial charge on any atom is 0.242 e. The first-order valence-electron chi connectivity index (χ1n) is 7.60. The second-order valence-electron chi connectivity index (χ2n) is 5.53. The zero-order valence-electron chi connectivity index (χ0n) is 12.5. The molecule has 0 aliphatic carbocycles. The average molecular weight is 308 g/mol. The highest BCUT2D eigenvalue weighted by atomic mass is 16.5. The van der Waals surface area contributed by atoms with Gasteiger partial charge in [0.2, 0.25) is 5.91 Å². The lowest BCUT2D eigenvalue weighted by Crippen LogP contribution is -2.34. The maximum absolute atomic E-state index is 12.4. The van der Waals surface area contributed by atoms with Crippen LogP contribution in [0.25, 0.3) is 11.0 Å². The number of ether oxygens (including phenoxy) is 1. The minimum atomic E-state index is -0.0812. The number of hydrogen-bond donors (Lipinski definition) is 1. The molecule has 1 amide bonds. The third-order valence-corrected chi connectivity index (χ3v) is 4.01. The summed E-state index contributed by atoms with van der Waals surface area (Å²) < 4.78 is 7.24. The van der Waals surface area contributed by atoms with Crippen molar-refractivity contribution in [1.82, 2.24) is 20.3 Å². The van der Waals surface area contributed by atoms with Gasteiger partial charge in [-0.15, -0.1) is 5.10 Å². The quantitative estimate of drug-likeness (QED) is 0.804. The molecule has 0 saturated heterocycles. The van der Waals surface area contributed by atoms with Crippen molar-refractivity contribution < 1.29 is 9.53 Å². The van der Waals surface area contributed by atoms with E-state index in [1.807, 2.05) is 48.5 Å². The third-order valence-electron chi connectivity index (χ3n) is 4.01. The zero-order chi connectivity index (χ0) is 15.6. The lowest BCUT2D eigenvalue weighted by Gasteiger charge is -2.26. The van der Waals surface area contributed by atoms with Gasteiger partial charge in [-0.3, -0.25) is 4.79 Å². The molecular weight excluding hydrogens is 292 g/mol. The van der Waals surface area contributed by atoms with Crippen molar-refractivity contribution in [2.75, 3.05) is 6.61 Å². The van der Waals surface area contributed by atoms with Gasteiger partial charge in [0.1, 0.15) is 17.8 Å². The van der Waals surface area contributed by atoms with E-state index in [2.05, 4.69) is 15.6 Å². The molecular formula is C17H16N4O2. The van der Waals surface area contributed by atoms with E-state index in [1.54, 1.807) is 4.68 Å². The van der Waals surface area contributed by atoms with E-state index in [1.165, 1.54) is 0 Å². The van der Waals surface area contributed by atoms with Crippen molar-refractivity contribution in [1.29, 1.82) is 0 Å². The van der Waals surface area contributed by atoms with Gasteiger partial charge in [-0.2, -0.15) is 0 Å². The summed E-state index contributed by atoms with van der Waals surface area (Å²) in [7, 11) is 0. The highest BCUT2D eigenvalue weighted by Gasteiger charge is 2.22. The molecule has 1 aliphatic rings. The summed E-state index contributed by atoms with van der Waals surface area (Å²) in [6, 6.07) is 15.4. The van der Waals surface area contributed by atoms with Gasteiger partial charge < -0.3 is 10.1 Å². The lowest BCUT2D eigenvalue weighted by molar-refractivity contribution is -0.122. The summed E-state index contributed by atoms with van der Waals surface area (Å²) in [5, 5.41) is 11.2. The van der Waals surface area contributed by atoms with Crippen LogP contribution in [0.2, 0.25) is 0 Å². The molecule has 0 bridgehead atoms. The summed E-state index contributed by atoms with van der Waals surface area (Å²) in [5.74, 6) is 0.762. The SMILES string of the molecule is O=C(Cn1nnc2ccccc21)N[C@@H]1CCOc2ccccc21. The molecule has 1 N–H and O–H groups in total. The predicted molar refractivity (Wildman–Crippen MR) is 85.0 cm³/mol. The number of rotatable bonds is 3. The molecule has 116 valence electrons. The number of nitrogens with one attached hydrogen (secondary N) is 1. The van der Waals surface area contributed by atoms with E-state index in [4.69, 9.17) is 4.74 Å². The number of benzene rings is 2. The second kappa shape index (κ2) is 5.72. The van der Waals surface area contributed by atoms with Crippen molar-refractivity contribution >= 4 is 16.9 Å². The van der Waals surface area contributed by atoms with Crippen molar-refractivity contribution in [3.63, 3.8) is 0 Å². The van der Waals surface area contributed by atoms with E-state index >= 15 is 0 Å². The smallest absolute Gasteiger partial charge is 0.242 e. The van der Waals surface area contributed by atoms with Crippen LogP contribution in [0.3, 0.4) is 0 Å². The molecule has 2 heterocycles. The Labute approximate surface area is 133 Å². The Bertz CT molecular complexity index is 858. The minimum Gasteiger partial charge on any atom is -0.493 e. The number of carbonyl (C=O) groups is 1. The van der Waals surface area contributed by atoms with Gasteiger partial charge in [-0.05, 0) is 18.2 Å². The van der Waals surface area contributed by atoms with E-state index in [0.717, 1.165) is 28.8 Å². The van der Waals surface area contributed by atoms with Gasteiger partial charge in [0.25, 0.3) is 0 Å². The minimum absolute atomic E-state index is 0.0257. The fourth-order valence-electron chi connectivity index (χ4n) is 2.90. The summed E-state index contributed by atoms with van der Waals surface area (Å²) >= 11 is 0. The number of amides is 1. The molecule has 1 aromatic heterocycles. The number of nitrogens with zero attached hydrogens (tertiary/aromatic N) is 3. The molecule has 4 rings (SSSR count). The van der Waals surface area contributed by atoms with Crippen LogP contribution < -0.4 is 10.1 Å². The Morgan fingerprint density at radius 3 is 3.00 bits per heavy atom. The first-order chi connectivity index (χ1) is 11.3. The number of para-hydroxylation sites is 2. The van der Waals surface area contributed by atoms with Gasteiger partial charge in [0.05, 0.1) is 18.2 Å². The van der Waals surface area contributed by atoms with Gasteiger partial charge >= 0.3 is 0 Å². The highest BCUT2D eigenvalue weighted by Crippen LogP contribution is 2.31. The number of hydrogen-bond acceptors (Lipinski definition) is 4. The maximum atomic E-state index is 12.4. The molecule has 1 aliphatic heterocycles. The van der Waals surface area contributed by atoms with E-state index in [-0.39, 0.29) is 18.5 Å². The van der Waals surface area contributed by atoms with Crippen molar-refractivity contribution in [2.24, 2.45) is 0 Å². The molecule has 0 unspecified atom stereocenters. The molecule has 3 aromatic rings. The molecule has 2 aromatic carbocycles. The van der Waals surface area contributed by atoms with Crippen molar-refractivity contribution in [3.05, 3.63) is 54.1 Å². The van der Waals surface area contributed by atoms with Crippen LogP contribution in [0.15, 0.2) is 48.5 Å². The van der Waals surface area contributed by atoms with E-state index < -0.39 is 0 Å². The van der Waals surface area contributed by atoms with Crippen LogP contribution in [0.4, 0.5) is 0 Å². The van der Waals surface area contributed by atoms with Crippen LogP contribution >= 0.6 is 0 Å². The summed E-state index contributed by atoms with van der Waals surface area (Å²) in [4.78, 5) is 12.4. The second-order valence-corrected chi connectivity index (χ2v) is 5.53. The zero-order valence-corrected chi connectivity index (χ0v) is 12.5. The Kier molecular flexibility index (Phi) is 3.42. The molecule has 1 atom stereocenters. The van der Waals surface area contributed by atoms with Crippen LogP contribution in [-0.4, -0.2) is 27.5 Å². The standard InChI is InChI=1S/C17H16N4O2/c22-17(11-21-15-7-3-2-6-14(15)19-20-21)18-13-9-10-23-16-8-4-1-5-12(13)16/h1-8,13H,9-11H2,(H,18,22)/t13-/m1/s1.